The minimum atomic E-state index is -0.312. The van der Waals surface area contributed by atoms with Gasteiger partial charge in [0.1, 0.15) is 16.8 Å². The maximum atomic E-state index is 14.0. The summed E-state index contributed by atoms with van der Waals surface area (Å²) in [5.41, 5.74) is 0.718. The molecule has 0 N–H and O–H groups in total. The summed E-state index contributed by atoms with van der Waals surface area (Å²) in [6.07, 6.45) is 0. The Morgan fingerprint density at radius 2 is 1.62 bits per heavy atom. The lowest BCUT2D eigenvalue weighted by Crippen LogP contribution is -2.49. The number of hydrogen-bond acceptors (Lipinski definition) is 5. The van der Waals surface area contributed by atoms with Crippen LogP contribution in [0.5, 0.6) is 0 Å². The normalized spacial score (nSPS) is 14.7. The predicted molar refractivity (Wildman–Crippen MR) is 107 cm³/mol. The van der Waals surface area contributed by atoms with Crippen LogP contribution in [-0.4, -0.2) is 37.0 Å². The lowest BCUT2D eigenvalue weighted by Gasteiger charge is -2.35. The standard InChI is InChI=1S/C22H17FN2O4/c23-16-6-2-3-7-17(16)24-9-11-25(12-10-24)21(27)19-13-15-20(26)14-5-1-4-8-18(14)28-22(15)29-19/h1-8,13H,9-12H2. The van der Waals surface area contributed by atoms with E-state index in [9.17, 15) is 14.0 Å². The summed E-state index contributed by atoms with van der Waals surface area (Å²) in [5.74, 6) is -0.480. The van der Waals surface area contributed by atoms with Crippen LogP contribution >= 0.6 is 0 Å². The number of furan rings is 1. The number of nitrogens with zero attached hydrogens (tertiary/aromatic N) is 2. The van der Waals surface area contributed by atoms with Gasteiger partial charge in [-0.3, -0.25) is 9.59 Å². The van der Waals surface area contributed by atoms with Gasteiger partial charge < -0.3 is 18.6 Å². The first kappa shape index (κ1) is 17.5. The zero-order valence-corrected chi connectivity index (χ0v) is 15.4. The van der Waals surface area contributed by atoms with Gasteiger partial charge in [-0.15, -0.1) is 0 Å². The zero-order valence-electron chi connectivity index (χ0n) is 15.4. The molecule has 6 nitrogen and oxygen atoms in total. The fourth-order valence-corrected chi connectivity index (χ4v) is 3.72. The summed E-state index contributed by atoms with van der Waals surface area (Å²) < 4.78 is 25.2. The quantitative estimate of drug-likeness (QED) is 0.521. The van der Waals surface area contributed by atoms with Crippen molar-refractivity contribution in [1.29, 1.82) is 0 Å². The molecule has 1 amide bonds. The summed E-state index contributed by atoms with van der Waals surface area (Å²) in [6, 6.07) is 14.9. The van der Waals surface area contributed by atoms with Crippen LogP contribution in [-0.2, 0) is 0 Å². The number of carbonyl (C=O) groups excluding carboxylic acids is 1. The number of hydrogen-bond donors (Lipinski definition) is 0. The predicted octanol–water partition coefficient (Wildman–Crippen LogP) is 3.64. The Morgan fingerprint density at radius 3 is 2.41 bits per heavy atom. The number of fused-ring (bicyclic) bond motifs is 2. The molecule has 1 fully saturated rings. The number of piperazine rings is 1. The number of rotatable bonds is 2. The number of amides is 1. The van der Waals surface area contributed by atoms with Crippen LogP contribution in [0.4, 0.5) is 10.1 Å². The molecule has 0 spiro atoms. The molecule has 1 aliphatic heterocycles. The molecule has 2 aromatic carbocycles. The minimum absolute atomic E-state index is 0.0436. The smallest absolute Gasteiger partial charge is 0.302 e. The lowest BCUT2D eigenvalue weighted by atomic mass is 10.2. The van der Waals surface area contributed by atoms with Gasteiger partial charge in [-0.2, -0.15) is 0 Å². The van der Waals surface area contributed by atoms with E-state index in [1.807, 2.05) is 4.90 Å². The summed E-state index contributed by atoms with van der Waals surface area (Å²) in [7, 11) is 0. The van der Waals surface area contributed by atoms with Gasteiger partial charge in [0.05, 0.1) is 11.1 Å². The van der Waals surface area contributed by atoms with Gasteiger partial charge in [0.15, 0.2) is 5.76 Å². The first-order valence-corrected chi connectivity index (χ1v) is 9.36. The molecular formula is C22H17FN2O4. The molecule has 5 rings (SSSR count). The first-order valence-electron chi connectivity index (χ1n) is 9.36. The van der Waals surface area contributed by atoms with Gasteiger partial charge in [-0.1, -0.05) is 24.3 Å². The Kier molecular flexibility index (Phi) is 4.08. The average molecular weight is 392 g/mol. The Hall–Kier alpha value is -3.61. The van der Waals surface area contributed by atoms with Crippen LogP contribution in [0.25, 0.3) is 22.1 Å². The molecular weight excluding hydrogens is 375 g/mol. The summed E-state index contributed by atoms with van der Waals surface area (Å²) in [5, 5.41) is 0.690. The van der Waals surface area contributed by atoms with Crippen molar-refractivity contribution >= 4 is 33.7 Å². The molecule has 1 aliphatic rings. The first-order chi connectivity index (χ1) is 14.1. The number of anilines is 1. The van der Waals surface area contributed by atoms with Gasteiger partial charge in [0, 0.05) is 32.2 Å². The monoisotopic (exact) mass is 392 g/mol. The number of benzene rings is 2. The van der Waals surface area contributed by atoms with Crippen LogP contribution in [0, 0.1) is 5.82 Å². The molecule has 0 unspecified atom stereocenters. The topological polar surface area (TPSA) is 66.9 Å². The maximum absolute atomic E-state index is 14.0. The van der Waals surface area contributed by atoms with E-state index in [2.05, 4.69) is 0 Å². The summed E-state index contributed by atoms with van der Waals surface area (Å²) in [4.78, 5) is 29.1. The van der Waals surface area contributed by atoms with E-state index in [4.69, 9.17) is 8.83 Å². The lowest BCUT2D eigenvalue weighted by molar-refractivity contribution is 0.0715. The van der Waals surface area contributed by atoms with E-state index in [1.54, 1.807) is 47.4 Å². The molecule has 1 saturated heterocycles. The molecule has 3 heterocycles. The highest BCUT2D eigenvalue weighted by molar-refractivity contribution is 5.97. The molecule has 0 atom stereocenters. The zero-order chi connectivity index (χ0) is 20.0. The van der Waals surface area contributed by atoms with Crippen molar-refractivity contribution < 1.29 is 18.0 Å². The third kappa shape index (κ3) is 2.95. The van der Waals surface area contributed by atoms with E-state index in [0.717, 1.165) is 0 Å². The van der Waals surface area contributed by atoms with Gasteiger partial charge >= 0.3 is 5.78 Å². The summed E-state index contributed by atoms with van der Waals surface area (Å²) in [6.45, 7) is 1.86. The third-order valence-electron chi connectivity index (χ3n) is 5.25. The van der Waals surface area contributed by atoms with E-state index in [-0.39, 0.29) is 34.1 Å². The van der Waals surface area contributed by atoms with E-state index in [0.29, 0.717) is 42.8 Å². The second kappa shape index (κ2) is 6.77. The Bertz CT molecular complexity index is 1280. The number of halogens is 1. The largest absolute Gasteiger partial charge is 0.425 e. The van der Waals surface area contributed by atoms with Crippen LogP contribution in [0.15, 0.2) is 68.2 Å². The number of carbonyl (C=O) groups is 1. The highest BCUT2D eigenvalue weighted by Gasteiger charge is 2.26. The molecule has 7 heteroatoms. The Morgan fingerprint density at radius 1 is 0.897 bits per heavy atom. The van der Waals surface area contributed by atoms with Crippen LogP contribution in [0.1, 0.15) is 10.6 Å². The van der Waals surface area contributed by atoms with Crippen LogP contribution < -0.4 is 10.3 Å². The van der Waals surface area contributed by atoms with Gasteiger partial charge in [0.25, 0.3) is 5.91 Å². The Labute approximate surface area is 164 Å². The van der Waals surface area contributed by atoms with Gasteiger partial charge in [0.2, 0.25) is 5.43 Å². The summed E-state index contributed by atoms with van der Waals surface area (Å²) >= 11 is 0. The van der Waals surface area contributed by atoms with Gasteiger partial charge in [-0.05, 0) is 24.3 Å². The van der Waals surface area contributed by atoms with Crippen molar-refractivity contribution in [2.75, 3.05) is 31.1 Å². The molecule has 0 bridgehead atoms. The van der Waals surface area contributed by atoms with E-state index in [1.165, 1.54) is 12.1 Å². The molecule has 0 radical (unpaired) electrons. The van der Waals surface area contributed by atoms with Crippen molar-refractivity contribution in [2.24, 2.45) is 0 Å². The van der Waals surface area contributed by atoms with E-state index >= 15 is 0 Å². The second-order valence-corrected chi connectivity index (χ2v) is 6.97. The average Bonchev–Trinajstić information content (AvgIpc) is 3.18. The Balaban J connectivity index is 1.39. The van der Waals surface area contributed by atoms with Crippen LogP contribution in [0.2, 0.25) is 0 Å². The number of para-hydroxylation sites is 2. The maximum Gasteiger partial charge on any atom is 0.302 e. The SMILES string of the molecule is O=C(c1cc2c(=O)c3ccccc3oc2o1)N1CCN(c2ccccc2F)CC1. The van der Waals surface area contributed by atoms with Crippen molar-refractivity contribution in [1.82, 2.24) is 4.90 Å². The molecule has 2 aromatic heterocycles. The third-order valence-corrected chi connectivity index (χ3v) is 5.25. The van der Waals surface area contributed by atoms with Crippen molar-refractivity contribution in [2.45, 2.75) is 0 Å². The highest BCUT2D eigenvalue weighted by Crippen LogP contribution is 2.24. The molecule has 4 aromatic rings. The van der Waals surface area contributed by atoms with Gasteiger partial charge in [-0.25, -0.2) is 4.39 Å². The fraction of sp³-hybridized carbons (Fsp3) is 0.182. The molecule has 0 saturated carbocycles. The second-order valence-electron chi connectivity index (χ2n) is 6.97. The molecule has 29 heavy (non-hydrogen) atoms. The van der Waals surface area contributed by atoms with Crippen molar-refractivity contribution in [3.8, 4) is 0 Å². The van der Waals surface area contributed by atoms with E-state index < -0.39 is 0 Å². The fourth-order valence-electron chi connectivity index (χ4n) is 3.72. The highest BCUT2D eigenvalue weighted by atomic mass is 19.1. The molecule has 146 valence electrons. The molecule has 0 aliphatic carbocycles. The van der Waals surface area contributed by atoms with Crippen molar-refractivity contribution in [3.63, 3.8) is 0 Å². The van der Waals surface area contributed by atoms with Crippen LogP contribution in [0.3, 0.4) is 0 Å². The van der Waals surface area contributed by atoms with Crippen molar-refractivity contribution in [3.05, 3.63) is 76.4 Å². The minimum Gasteiger partial charge on any atom is -0.425 e.